The van der Waals surface area contributed by atoms with E-state index < -0.39 is 10.5 Å². The van der Waals surface area contributed by atoms with Crippen LogP contribution in [0.25, 0.3) is 0 Å². The number of nitro groups is 1. The first-order valence-electron chi connectivity index (χ1n) is 3.72. The standard InChI is InChI=1S/C7H9N3O3/c1-2-5-6(10(12)13)3-4(8)7(11)9-5/h3H,2,8H2,1H3,(H,9,11). The van der Waals surface area contributed by atoms with Crippen LogP contribution in [0.3, 0.4) is 0 Å². The third-order valence-electron chi connectivity index (χ3n) is 1.68. The van der Waals surface area contributed by atoms with Crippen LogP contribution in [0.1, 0.15) is 12.6 Å². The van der Waals surface area contributed by atoms with E-state index in [1.54, 1.807) is 6.92 Å². The molecular formula is C7H9N3O3. The highest BCUT2D eigenvalue weighted by Gasteiger charge is 2.14. The molecule has 0 aliphatic rings. The zero-order chi connectivity index (χ0) is 10.0. The van der Waals surface area contributed by atoms with Crippen molar-refractivity contribution < 1.29 is 4.92 Å². The summed E-state index contributed by atoms with van der Waals surface area (Å²) in [6, 6.07) is 1.08. The van der Waals surface area contributed by atoms with Crippen molar-refractivity contribution in [3.63, 3.8) is 0 Å². The molecule has 0 bridgehead atoms. The van der Waals surface area contributed by atoms with Gasteiger partial charge in [0.1, 0.15) is 5.69 Å². The summed E-state index contributed by atoms with van der Waals surface area (Å²) in [6.45, 7) is 1.72. The van der Waals surface area contributed by atoms with Gasteiger partial charge in [-0.25, -0.2) is 0 Å². The minimum atomic E-state index is -0.564. The van der Waals surface area contributed by atoms with Crippen molar-refractivity contribution in [3.8, 4) is 0 Å². The Balaban J connectivity index is 3.42. The SMILES string of the molecule is CCc1[nH]c(=O)c(N)cc1[N+](=O)[O-]. The molecule has 0 saturated heterocycles. The van der Waals surface area contributed by atoms with Crippen molar-refractivity contribution in [2.45, 2.75) is 13.3 Å². The van der Waals surface area contributed by atoms with E-state index in [9.17, 15) is 14.9 Å². The molecule has 6 heteroatoms. The Labute approximate surface area is 73.5 Å². The van der Waals surface area contributed by atoms with Crippen molar-refractivity contribution in [3.05, 3.63) is 32.2 Å². The van der Waals surface area contributed by atoms with Crippen LogP contribution in [0.4, 0.5) is 11.4 Å². The van der Waals surface area contributed by atoms with Crippen LogP contribution in [0, 0.1) is 10.1 Å². The molecule has 0 saturated carbocycles. The lowest BCUT2D eigenvalue weighted by atomic mass is 10.2. The molecule has 0 amide bonds. The van der Waals surface area contributed by atoms with Crippen molar-refractivity contribution >= 4 is 11.4 Å². The number of H-pyrrole nitrogens is 1. The number of nitrogens with zero attached hydrogens (tertiary/aromatic N) is 1. The van der Waals surface area contributed by atoms with E-state index in [-0.39, 0.29) is 11.4 Å². The molecule has 3 N–H and O–H groups in total. The number of hydrogen-bond donors (Lipinski definition) is 2. The molecule has 0 aliphatic carbocycles. The minimum absolute atomic E-state index is 0.135. The van der Waals surface area contributed by atoms with Gasteiger partial charge in [0.25, 0.3) is 11.2 Å². The second kappa shape index (κ2) is 3.26. The van der Waals surface area contributed by atoms with Crippen molar-refractivity contribution in [2.24, 2.45) is 0 Å². The number of nitrogens with two attached hydrogens (primary N) is 1. The van der Waals surface area contributed by atoms with Crippen LogP contribution in [0.15, 0.2) is 10.9 Å². The third kappa shape index (κ3) is 1.66. The molecule has 70 valence electrons. The van der Waals surface area contributed by atoms with Crippen molar-refractivity contribution in [1.82, 2.24) is 4.98 Å². The van der Waals surface area contributed by atoms with Gasteiger partial charge in [-0.05, 0) is 6.42 Å². The number of hydrogen-bond acceptors (Lipinski definition) is 4. The predicted molar refractivity (Wildman–Crippen MR) is 47.5 cm³/mol. The summed E-state index contributed by atoms with van der Waals surface area (Å²) in [5.41, 5.74) is 4.77. The number of nitrogen functional groups attached to an aromatic ring is 1. The summed E-state index contributed by atoms with van der Waals surface area (Å²) in [5.74, 6) is 0. The summed E-state index contributed by atoms with van der Waals surface area (Å²) in [4.78, 5) is 23.2. The fourth-order valence-corrected chi connectivity index (χ4v) is 1.01. The Hall–Kier alpha value is -1.85. The topological polar surface area (TPSA) is 102 Å². The zero-order valence-electron chi connectivity index (χ0n) is 7.03. The maximum atomic E-state index is 11.0. The molecule has 0 radical (unpaired) electrons. The Morgan fingerprint density at radius 2 is 2.31 bits per heavy atom. The maximum Gasteiger partial charge on any atom is 0.290 e. The fourth-order valence-electron chi connectivity index (χ4n) is 1.01. The smallest absolute Gasteiger partial charge is 0.290 e. The van der Waals surface area contributed by atoms with Crippen LogP contribution in [-0.4, -0.2) is 9.91 Å². The molecule has 0 spiro atoms. The van der Waals surface area contributed by atoms with E-state index in [1.165, 1.54) is 0 Å². The first kappa shape index (κ1) is 9.24. The van der Waals surface area contributed by atoms with Crippen LogP contribution in [0.2, 0.25) is 0 Å². The highest BCUT2D eigenvalue weighted by molar-refractivity contribution is 5.48. The van der Waals surface area contributed by atoms with Gasteiger partial charge >= 0.3 is 0 Å². The monoisotopic (exact) mass is 183 g/mol. The zero-order valence-corrected chi connectivity index (χ0v) is 7.03. The molecule has 0 atom stereocenters. The number of aromatic amines is 1. The van der Waals surface area contributed by atoms with Gasteiger partial charge in [-0.1, -0.05) is 6.92 Å². The number of pyridine rings is 1. The lowest BCUT2D eigenvalue weighted by Gasteiger charge is -1.99. The van der Waals surface area contributed by atoms with E-state index in [2.05, 4.69) is 4.98 Å². The lowest BCUT2D eigenvalue weighted by molar-refractivity contribution is -0.385. The minimum Gasteiger partial charge on any atom is -0.394 e. The van der Waals surface area contributed by atoms with Crippen molar-refractivity contribution in [2.75, 3.05) is 5.73 Å². The van der Waals surface area contributed by atoms with Crippen LogP contribution in [-0.2, 0) is 6.42 Å². The second-order valence-electron chi connectivity index (χ2n) is 2.53. The van der Waals surface area contributed by atoms with Gasteiger partial charge in [-0.3, -0.25) is 14.9 Å². The van der Waals surface area contributed by atoms with Gasteiger partial charge in [0.2, 0.25) is 0 Å². The first-order chi connectivity index (χ1) is 6.06. The first-order valence-corrected chi connectivity index (χ1v) is 3.72. The average molecular weight is 183 g/mol. The Kier molecular flexibility index (Phi) is 2.32. The molecule has 0 fully saturated rings. The average Bonchev–Trinajstić information content (AvgIpc) is 2.08. The van der Waals surface area contributed by atoms with Gasteiger partial charge < -0.3 is 10.7 Å². The summed E-state index contributed by atoms with van der Waals surface area (Å²) in [6.07, 6.45) is 0.395. The number of nitrogens with one attached hydrogen (secondary N) is 1. The predicted octanol–water partition coefficient (Wildman–Crippen LogP) is 0.428. The van der Waals surface area contributed by atoms with Crippen LogP contribution < -0.4 is 11.3 Å². The molecule has 6 nitrogen and oxygen atoms in total. The molecule has 0 unspecified atom stereocenters. The van der Waals surface area contributed by atoms with E-state index in [1.807, 2.05) is 0 Å². The van der Waals surface area contributed by atoms with Gasteiger partial charge in [0.05, 0.1) is 10.6 Å². The molecule has 0 aromatic carbocycles. The summed E-state index contributed by atoms with van der Waals surface area (Å²) >= 11 is 0. The molecule has 1 heterocycles. The summed E-state index contributed by atoms with van der Waals surface area (Å²) in [7, 11) is 0. The van der Waals surface area contributed by atoms with Gasteiger partial charge in [-0.2, -0.15) is 0 Å². The quantitative estimate of drug-likeness (QED) is 0.512. The lowest BCUT2D eigenvalue weighted by Crippen LogP contribution is -2.15. The van der Waals surface area contributed by atoms with Gasteiger partial charge in [0, 0.05) is 6.07 Å². The fraction of sp³-hybridized carbons (Fsp3) is 0.286. The van der Waals surface area contributed by atoms with Crippen LogP contribution >= 0.6 is 0 Å². The largest absolute Gasteiger partial charge is 0.394 e. The number of anilines is 1. The van der Waals surface area contributed by atoms with E-state index in [0.29, 0.717) is 12.1 Å². The molecule has 1 aromatic rings. The molecule has 0 aliphatic heterocycles. The summed E-state index contributed by atoms with van der Waals surface area (Å²) in [5, 5.41) is 10.5. The molecule has 13 heavy (non-hydrogen) atoms. The Morgan fingerprint density at radius 3 is 2.77 bits per heavy atom. The number of rotatable bonds is 2. The van der Waals surface area contributed by atoms with Gasteiger partial charge in [0.15, 0.2) is 0 Å². The Bertz CT molecular complexity index is 396. The number of aryl methyl sites for hydroxylation is 1. The summed E-state index contributed by atoms with van der Waals surface area (Å²) < 4.78 is 0. The third-order valence-corrected chi connectivity index (χ3v) is 1.68. The van der Waals surface area contributed by atoms with Crippen molar-refractivity contribution in [1.29, 1.82) is 0 Å². The molecular weight excluding hydrogens is 174 g/mol. The van der Waals surface area contributed by atoms with E-state index in [4.69, 9.17) is 5.73 Å². The highest BCUT2D eigenvalue weighted by Crippen LogP contribution is 2.16. The number of aromatic nitrogens is 1. The van der Waals surface area contributed by atoms with E-state index in [0.717, 1.165) is 6.07 Å². The van der Waals surface area contributed by atoms with Crippen LogP contribution in [0.5, 0.6) is 0 Å². The Morgan fingerprint density at radius 1 is 1.69 bits per heavy atom. The normalized spacial score (nSPS) is 9.92. The highest BCUT2D eigenvalue weighted by atomic mass is 16.6. The molecule has 1 aromatic heterocycles. The second-order valence-corrected chi connectivity index (χ2v) is 2.53. The van der Waals surface area contributed by atoms with Gasteiger partial charge in [-0.15, -0.1) is 0 Å². The van der Waals surface area contributed by atoms with E-state index >= 15 is 0 Å². The maximum absolute atomic E-state index is 11.0. The molecule has 1 rings (SSSR count).